The Balaban J connectivity index is 1.37. The van der Waals surface area contributed by atoms with E-state index >= 15 is 0 Å². The summed E-state index contributed by atoms with van der Waals surface area (Å²) in [7, 11) is 0. The van der Waals surface area contributed by atoms with E-state index in [-0.39, 0.29) is 11.5 Å². The lowest BCUT2D eigenvalue weighted by Gasteiger charge is -2.63. The molecule has 0 saturated heterocycles. The van der Waals surface area contributed by atoms with Gasteiger partial charge in [-0.2, -0.15) is 0 Å². The molecule has 33 heavy (non-hydrogen) atoms. The summed E-state index contributed by atoms with van der Waals surface area (Å²) in [6.45, 7) is 14.2. The fourth-order valence-corrected chi connectivity index (χ4v) is 11.2. The van der Waals surface area contributed by atoms with Gasteiger partial charge in [-0.25, -0.2) is 4.79 Å². The monoisotopic (exact) mass is 456 g/mol. The van der Waals surface area contributed by atoms with Crippen LogP contribution in [0, 0.1) is 50.7 Å². The Kier molecular flexibility index (Phi) is 5.31. The maximum atomic E-state index is 11.2. The summed E-state index contributed by atoms with van der Waals surface area (Å²) in [4.78, 5) is 11.2. The van der Waals surface area contributed by atoms with Crippen LogP contribution in [0.4, 0.5) is 0 Å². The van der Waals surface area contributed by atoms with Gasteiger partial charge in [-0.1, -0.05) is 40.7 Å². The van der Waals surface area contributed by atoms with Crippen molar-refractivity contribution in [2.24, 2.45) is 50.7 Å². The van der Waals surface area contributed by atoms with Crippen LogP contribution >= 0.6 is 0 Å². The van der Waals surface area contributed by atoms with Crippen LogP contribution < -0.4 is 0 Å². The summed E-state index contributed by atoms with van der Waals surface area (Å²) in [5.41, 5.74) is 2.48. The van der Waals surface area contributed by atoms with Crippen molar-refractivity contribution in [2.75, 3.05) is 0 Å². The van der Waals surface area contributed by atoms with Crippen molar-refractivity contribution >= 4 is 5.97 Å². The molecule has 5 aliphatic rings. The highest BCUT2D eigenvalue weighted by Crippen LogP contribution is 2.89. The summed E-state index contributed by atoms with van der Waals surface area (Å²) < 4.78 is 0. The summed E-state index contributed by atoms with van der Waals surface area (Å²) in [6.07, 6.45) is 15.7. The van der Waals surface area contributed by atoms with Crippen LogP contribution in [0.5, 0.6) is 0 Å². The van der Waals surface area contributed by atoms with Crippen LogP contribution in [0.3, 0.4) is 0 Å². The van der Waals surface area contributed by atoms with Crippen molar-refractivity contribution in [3.63, 3.8) is 0 Å². The molecule has 0 unspecified atom stereocenters. The van der Waals surface area contributed by atoms with Crippen LogP contribution in [0.2, 0.25) is 0 Å². The van der Waals surface area contributed by atoms with Crippen molar-refractivity contribution < 1.29 is 15.0 Å². The molecular formula is C30H48O3. The van der Waals surface area contributed by atoms with Crippen molar-refractivity contribution in [2.45, 2.75) is 118 Å². The summed E-state index contributed by atoms with van der Waals surface area (Å²) >= 11 is 0. The van der Waals surface area contributed by atoms with Crippen LogP contribution in [-0.4, -0.2) is 22.3 Å². The van der Waals surface area contributed by atoms with Crippen LogP contribution in [0.15, 0.2) is 11.6 Å². The second kappa shape index (κ2) is 7.34. The molecular weight excluding hydrogens is 408 g/mol. The zero-order valence-electron chi connectivity index (χ0n) is 22.0. The molecule has 3 nitrogen and oxygen atoms in total. The molecule has 0 aromatic carbocycles. The normalized spacial score (nSPS) is 51.1. The first-order valence-electron chi connectivity index (χ1n) is 13.9. The molecule has 0 heterocycles. The number of aliphatic hydroxyl groups is 1. The first-order chi connectivity index (χ1) is 15.4. The minimum Gasteiger partial charge on any atom is -0.478 e. The molecule has 0 bridgehead atoms. The second-order valence-electron chi connectivity index (χ2n) is 14.3. The van der Waals surface area contributed by atoms with Gasteiger partial charge in [0.05, 0.1) is 6.10 Å². The molecule has 2 N–H and O–H groups in total. The van der Waals surface area contributed by atoms with Gasteiger partial charge in [0, 0.05) is 5.57 Å². The minimum absolute atomic E-state index is 0.0721. The van der Waals surface area contributed by atoms with E-state index in [2.05, 4.69) is 34.6 Å². The fraction of sp³-hybridized carbons (Fsp3) is 0.900. The topological polar surface area (TPSA) is 57.5 Å². The van der Waals surface area contributed by atoms with E-state index in [1.165, 1.54) is 51.4 Å². The third-order valence-electron chi connectivity index (χ3n) is 13.3. The molecule has 3 heteroatoms. The van der Waals surface area contributed by atoms with Gasteiger partial charge in [0.1, 0.15) is 0 Å². The molecule has 0 radical (unpaired) electrons. The lowest BCUT2D eigenvalue weighted by atomic mass is 9.41. The Morgan fingerprint density at radius 3 is 2.30 bits per heavy atom. The Morgan fingerprint density at radius 2 is 1.61 bits per heavy atom. The zero-order valence-corrected chi connectivity index (χ0v) is 22.0. The fourth-order valence-electron chi connectivity index (χ4n) is 11.2. The highest BCUT2D eigenvalue weighted by atomic mass is 16.4. The first-order valence-corrected chi connectivity index (χ1v) is 13.9. The van der Waals surface area contributed by atoms with Gasteiger partial charge < -0.3 is 10.2 Å². The standard InChI is InChI=1S/C30H48O3/c1-19(8-7-9-20(2)25(32)33)21-12-14-28(6)23-11-10-22-26(3,4)24(31)13-15-29(22)18-30(23,29)17-16-27(21,28)5/h9,19,21-24,31H,7-8,10-18H2,1-6H3,(H,32,33)/b20-9-/t19-,21-,22-,23+,24+,27-,28+,29-,30+/m1/s1. The molecule has 2 spiro atoms. The third-order valence-corrected chi connectivity index (χ3v) is 13.3. The van der Waals surface area contributed by atoms with Crippen LogP contribution in [-0.2, 0) is 4.79 Å². The van der Waals surface area contributed by atoms with Crippen molar-refractivity contribution in [3.05, 3.63) is 11.6 Å². The Labute approximate surface area is 201 Å². The number of carboxylic acids is 1. The average molecular weight is 457 g/mol. The molecule has 0 aromatic heterocycles. The first kappa shape index (κ1) is 23.9. The molecule has 186 valence electrons. The number of aliphatic hydroxyl groups excluding tert-OH is 1. The van der Waals surface area contributed by atoms with Gasteiger partial charge in [0.15, 0.2) is 0 Å². The number of hydrogen-bond donors (Lipinski definition) is 2. The highest BCUT2D eigenvalue weighted by molar-refractivity contribution is 5.85. The Bertz CT molecular complexity index is 859. The minimum atomic E-state index is -0.784. The van der Waals surface area contributed by atoms with Gasteiger partial charge in [0.2, 0.25) is 0 Å². The van der Waals surface area contributed by atoms with E-state index in [4.69, 9.17) is 0 Å². The van der Waals surface area contributed by atoms with Crippen molar-refractivity contribution in [1.29, 1.82) is 0 Å². The largest absolute Gasteiger partial charge is 0.478 e. The van der Waals surface area contributed by atoms with E-state index < -0.39 is 5.97 Å². The van der Waals surface area contributed by atoms with E-state index in [0.717, 1.165) is 31.1 Å². The molecule has 0 aliphatic heterocycles. The quantitative estimate of drug-likeness (QED) is 0.429. The lowest BCUT2D eigenvalue weighted by molar-refractivity contribution is -0.161. The summed E-state index contributed by atoms with van der Waals surface area (Å²) in [6, 6.07) is 0. The van der Waals surface area contributed by atoms with Gasteiger partial charge in [-0.05, 0) is 128 Å². The SMILES string of the molecule is C/C(=C/CC[C@@H](C)[C@H]1CC[C@@]2(C)[C@@H]3CC[C@@H]4C(C)(C)[C@@H](O)CC[C@@]45C[C@@]35CC[C@]12C)C(=O)O. The number of carbonyl (C=O) groups is 1. The zero-order chi connectivity index (χ0) is 24.0. The van der Waals surface area contributed by atoms with E-state index in [1.807, 2.05) is 6.08 Å². The third kappa shape index (κ3) is 2.93. The Morgan fingerprint density at radius 1 is 0.939 bits per heavy atom. The van der Waals surface area contributed by atoms with Crippen LogP contribution in [0.25, 0.3) is 0 Å². The summed E-state index contributed by atoms with van der Waals surface area (Å²) in [5, 5.41) is 20.0. The predicted molar refractivity (Wildman–Crippen MR) is 133 cm³/mol. The smallest absolute Gasteiger partial charge is 0.330 e. The van der Waals surface area contributed by atoms with Crippen LogP contribution in [0.1, 0.15) is 112 Å². The number of aliphatic carboxylic acids is 1. The summed E-state index contributed by atoms with van der Waals surface area (Å²) in [5.74, 6) is 2.19. The maximum Gasteiger partial charge on any atom is 0.330 e. The van der Waals surface area contributed by atoms with Crippen molar-refractivity contribution in [3.8, 4) is 0 Å². The lowest BCUT2D eigenvalue weighted by Crippen LogP contribution is -2.57. The number of carboxylic acid groups (broad SMARTS) is 1. The van der Waals surface area contributed by atoms with E-state index in [1.54, 1.807) is 6.92 Å². The average Bonchev–Trinajstić information content (AvgIpc) is 3.33. The molecule has 0 aromatic rings. The maximum absolute atomic E-state index is 11.2. The molecule has 5 rings (SSSR count). The molecule has 5 aliphatic carbocycles. The number of hydrogen-bond acceptors (Lipinski definition) is 2. The van der Waals surface area contributed by atoms with E-state index in [0.29, 0.717) is 39.1 Å². The van der Waals surface area contributed by atoms with Gasteiger partial charge in [-0.3, -0.25) is 0 Å². The Hall–Kier alpha value is -0.830. The van der Waals surface area contributed by atoms with Gasteiger partial charge in [0.25, 0.3) is 0 Å². The number of allylic oxidation sites excluding steroid dienone is 1. The second-order valence-corrected chi connectivity index (χ2v) is 14.3. The van der Waals surface area contributed by atoms with Crippen molar-refractivity contribution in [1.82, 2.24) is 0 Å². The number of fused-ring (bicyclic) bond motifs is 2. The molecule has 5 fully saturated rings. The number of rotatable bonds is 5. The highest BCUT2D eigenvalue weighted by Gasteiger charge is 2.82. The van der Waals surface area contributed by atoms with Gasteiger partial charge in [-0.15, -0.1) is 0 Å². The predicted octanol–water partition coefficient (Wildman–Crippen LogP) is 7.23. The van der Waals surface area contributed by atoms with E-state index in [9.17, 15) is 15.0 Å². The molecule has 5 saturated carbocycles. The molecule has 9 atom stereocenters. The molecule has 0 amide bonds. The van der Waals surface area contributed by atoms with Gasteiger partial charge >= 0.3 is 5.97 Å².